The first-order valence-electron chi connectivity index (χ1n) is 8.79. The molecule has 0 spiro atoms. The molecule has 146 valence electrons. The molecule has 2 aromatic heterocycles. The number of hydrogen-bond acceptors (Lipinski definition) is 6. The maximum Gasteiger partial charge on any atom is 0.312 e. The number of carbonyl (C=O) groups excluding carboxylic acids is 1. The molecule has 1 aliphatic heterocycles. The van der Waals surface area contributed by atoms with Gasteiger partial charge in [-0.15, -0.1) is 0 Å². The summed E-state index contributed by atoms with van der Waals surface area (Å²) in [7, 11) is 1.57. The van der Waals surface area contributed by atoms with Gasteiger partial charge in [0.1, 0.15) is 11.6 Å². The van der Waals surface area contributed by atoms with E-state index >= 15 is 0 Å². The molecule has 0 radical (unpaired) electrons. The van der Waals surface area contributed by atoms with Crippen LogP contribution in [-0.2, 0) is 24.2 Å². The second kappa shape index (κ2) is 7.49. The number of aryl methyl sites for hydroxylation is 1. The van der Waals surface area contributed by atoms with Crippen LogP contribution in [0.15, 0.2) is 12.1 Å². The Morgan fingerprint density at radius 2 is 2.21 bits per heavy atom. The summed E-state index contributed by atoms with van der Waals surface area (Å²) in [5.41, 5.74) is 8.70. The van der Waals surface area contributed by atoms with E-state index in [0.717, 1.165) is 21.3 Å². The smallest absolute Gasteiger partial charge is 0.312 e. The van der Waals surface area contributed by atoms with Crippen molar-refractivity contribution in [2.75, 3.05) is 19.4 Å². The van der Waals surface area contributed by atoms with Crippen LogP contribution in [-0.4, -0.2) is 39.1 Å². The fraction of sp³-hybridized carbons (Fsp3) is 0.333. The molecule has 3 N–H and O–H groups in total. The Balaban J connectivity index is 1.77. The van der Waals surface area contributed by atoms with E-state index < -0.39 is 6.08 Å². The fourth-order valence-corrected chi connectivity index (χ4v) is 4.01. The summed E-state index contributed by atoms with van der Waals surface area (Å²) in [6.07, 6.45) is 0.672. The number of carbonyl (C=O) groups is 1. The zero-order chi connectivity index (χ0) is 19.8. The number of rotatable bonds is 5. The summed E-state index contributed by atoms with van der Waals surface area (Å²) in [4.78, 5) is 23.7. The molecule has 3 heterocycles. The third kappa shape index (κ3) is 3.48. The minimum atomic E-state index is -0.918. The third-order valence-electron chi connectivity index (χ3n) is 4.72. The molecule has 0 bridgehead atoms. The molecule has 4 rings (SSSR count). The van der Waals surface area contributed by atoms with Gasteiger partial charge in [0.15, 0.2) is 17.0 Å². The van der Waals surface area contributed by atoms with Crippen molar-refractivity contribution in [2.45, 2.75) is 25.8 Å². The predicted octanol–water partition coefficient (Wildman–Crippen LogP) is 1.81. The lowest BCUT2D eigenvalue weighted by Gasteiger charge is -2.11. The largest absolute Gasteiger partial charge is 0.493 e. The van der Waals surface area contributed by atoms with Gasteiger partial charge in [0.25, 0.3) is 0 Å². The number of aromatic nitrogens is 4. The van der Waals surface area contributed by atoms with Crippen molar-refractivity contribution < 1.29 is 13.9 Å². The van der Waals surface area contributed by atoms with Crippen molar-refractivity contribution in [1.82, 2.24) is 24.8 Å². The highest BCUT2D eigenvalue weighted by molar-refractivity contribution is 14.1. The van der Waals surface area contributed by atoms with Crippen LogP contribution in [0.4, 0.5) is 10.2 Å². The quantitative estimate of drug-likeness (QED) is 0.412. The average Bonchev–Trinajstić information content (AvgIpc) is 3.24. The number of hydrogen-bond donors (Lipinski definition) is 2. The molecular formula is C18H18FIN6O2. The number of imidazole rings is 1. The van der Waals surface area contributed by atoms with E-state index in [1.807, 2.05) is 6.07 Å². The van der Waals surface area contributed by atoms with Gasteiger partial charge in [-0.2, -0.15) is 14.4 Å². The van der Waals surface area contributed by atoms with Crippen LogP contribution in [0, 0.1) is 9.65 Å². The molecule has 1 amide bonds. The topological polar surface area (TPSA) is 108 Å². The zero-order valence-electron chi connectivity index (χ0n) is 15.1. The lowest BCUT2D eigenvalue weighted by atomic mass is 10.1. The Labute approximate surface area is 173 Å². The highest BCUT2D eigenvalue weighted by Crippen LogP contribution is 2.31. The van der Waals surface area contributed by atoms with Crippen molar-refractivity contribution in [3.63, 3.8) is 0 Å². The van der Waals surface area contributed by atoms with Gasteiger partial charge in [-0.05, 0) is 45.9 Å². The molecule has 0 fully saturated rings. The number of fused-ring (bicyclic) bond motifs is 2. The van der Waals surface area contributed by atoms with Crippen LogP contribution >= 0.6 is 22.6 Å². The van der Waals surface area contributed by atoms with Crippen molar-refractivity contribution in [3.8, 4) is 5.75 Å². The van der Waals surface area contributed by atoms with E-state index in [2.05, 4.69) is 48.9 Å². The number of anilines is 1. The minimum absolute atomic E-state index is 0.0190. The number of nitrogens with zero attached hydrogens (tertiary/aromatic N) is 4. The molecule has 0 saturated carbocycles. The summed E-state index contributed by atoms with van der Waals surface area (Å²) in [6.45, 7) is 0.990. The summed E-state index contributed by atoms with van der Waals surface area (Å²) in [5.74, 6) is 1.38. The van der Waals surface area contributed by atoms with E-state index in [4.69, 9.17) is 10.5 Å². The third-order valence-corrected chi connectivity index (χ3v) is 5.73. The molecular weight excluding hydrogens is 478 g/mol. The van der Waals surface area contributed by atoms with E-state index in [-0.39, 0.29) is 23.8 Å². The average molecular weight is 496 g/mol. The summed E-state index contributed by atoms with van der Waals surface area (Å²) < 4.78 is 22.3. The van der Waals surface area contributed by atoms with Gasteiger partial charge >= 0.3 is 6.08 Å². The Bertz CT molecular complexity index is 1080. The number of nitrogens with two attached hydrogens (primary N) is 1. The Morgan fingerprint density at radius 1 is 1.39 bits per heavy atom. The second-order valence-electron chi connectivity index (χ2n) is 6.48. The van der Waals surface area contributed by atoms with Crippen LogP contribution in [0.25, 0.3) is 11.2 Å². The molecule has 1 aromatic carbocycles. The summed E-state index contributed by atoms with van der Waals surface area (Å²) in [6, 6.07) is 4.13. The fourth-order valence-electron chi connectivity index (χ4n) is 3.29. The molecule has 0 unspecified atom stereocenters. The lowest BCUT2D eigenvalue weighted by molar-refractivity contribution is -0.120. The monoisotopic (exact) mass is 496 g/mol. The van der Waals surface area contributed by atoms with E-state index in [9.17, 15) is 9.18 Å². The zero-order valence-corrected chi connectivity index (χ0v) is 17.3. The minimum Gasteiger partial charge on any atom is -0.493 e. The molecule has 28 heavy (non-hydrogen) atoms. The van der Waals surface area contributed by atoms with Gasteiger partial charge in [0.2, 0.25) is 5.91 Å². The lowest BCUT2D eigenvalue weighted by Crippen LogP contribution is -2.20. The van der Waals surface area contributed by atoms with Crippen molar-refractivity contribution >= 4 is 45.5 Å². The van der Waals surface area contributed by atoms with Gasteiger partial charge in [-0.1, -0.05) is 0 Å². The van der Waals surface area contributed by atoms with Gasteiger partial charge in [-0.3, -0.25) is 4.79 Å². The van der Waals surface area contributed by atoms with Crippen LogP contribution in [0.5, 0.6) is 5.75 Å². The van der Waals surface area contributed by atoms with Gasteiger partial charge < -0.3 is 20.4 Å². The number of ether oxygens (including phenoxy) is 1. The van der Waals surface area contributed by atoms with Gasteiger partial charge in [0.05, 0.1) is 6.61 Å². The van der Waals surface area contributed by atoms with Crippen molar-refractivity contribution in [1.29, 1.82) is 0 Å². The van der Waals surface area contributed by atoms with Crippen LogP contribution < -0.4 is 15.8 Å². The van der Waals surface area contributed by atoms with Crippen molar-refractivity contribution in [2.24, 2.45) is 0 Å². The molecule has 8 nitrogen and oxygen atoms in total. The molecule has 10 heteroatoms. The first-order chi connectivity index (χ1) is 13.5. The molecule has 3 aromatic rings. The molecule has 1 aliphatic rings. The Kier molecular flexibility index (Phi) is 5.04. The molecule has 0 atom stereocenters. The first kappa shape index (κ1) is 18.8. The summed E-state index contributed by atoms with van der Waals surface area (Å²) >= 11 is 2.29. The van der Waals surface area contributed by atoms with Crippen LogP contribution in [0.2, 0.25) is 0 Å². The van der Waals surface area contributed by atoms with E-state index in [1.54, 1.807) is 11.6 Å². The van der Waals surface area contributed by atoms with Crippen molar-refractivity contribution in [3.05, 3.63) is 38.7 Å². The Morgan fingerprint density at radius 3 is 3.00 bits per heavy atom. The number of benzene rings is 1. The second-order valence-corrected chi connectivity index (χ2v) is 7.64. The number of halogens is 2. The van der Waals surface area contributed by atoms with E-state index in [0.29, 0.717) is 30.9 Å². The standard InChI is InChI=1S/C18H18FIN6O2/c1-22-14(27)2-4-26-13(23-15-16(21)24-18(19)25-17(15)26)8-10-7-12-9(3-5-28-12)6-11(10)20/h6-7H,2-5,8H2,1H3,(H,22,27)(H2,21,24,25). The maximum absolute atomic E-state index is 13.8. The maximum atomic E-state index is 13.8. The number of amides is 1. The predicted molar refractivity (Wildman–Crippen MR) is 110 cm³/mol. The van der Waals surface area contributed by atoms with Gasteiger partial charge in [-0.25, -0.2) is 4.98 Å². The normalized spacial score (nSPS) is 12.8. The highest BCUT2D eigenvalue weighted by atomic mass is 127. The summed E-state index contributed by atoms with van der Waals surface area (Å²) in [5, 5.41) is 2.58. The van der Waals surface area contributed by atoms with Crippen LogP contribution in [0.1, 0.15) is 23.4 Å². The van der Waals surface area contributed by atoms with Crippen LogP contribution in [0.3, 0.4) is 0 Å². The molecule has 0 saturated heterocycles. The SMILES string of the molecule is CNC(=O)CCn1c(Cc2cc3c(cc2I)CCO3)nc2c(N)nc(F)nc21. The number of nitrogen functional groups attached to an aromatic ring is 1. The van der Waals surface area contributed by atoms with E-state index in [1.165, 1.54) is 5.56 Å². The number of nitrogens with one attached hydrogen (secondary N) is 1. The Hall–Kier alpha value is -2.50. The van der Waals surface area contributed by atoms with Gasteiger partial charge in [0, 0.05) is 36.4 Å². The first-order valence-corrected chi connectivity index (χ1v) is 9.87. The molecule has 0 aliphatic carbocycles. The highest BCUT2D eigenvalue weighted by Gasteiger charge is 2.20.